The zero-order valence-electron chi connectivity index (χ0n) is 25.0. The Morgan fingerprint density at radius 1 is 1.26 bits per heavy atom. The molecule has 3 heterocycles. The summed E-state index contributed by atoms with van der Waals surface area (Å²) >= 11 is 6.51. The van der Waals surface area contributed by atoms with E-state index in [0.717, 1.165) is 0 Å². The van der Waals surface area contributed by atoms with Crippen LogP contribution in [0.5, 0.6) is 0 Å². The summed E-state index contributed by atoms with van der Waals surface area (Å²) in [5, 5.41) is 13.5. The molecule has 1 aromatic rings. The number of benzene rings is 1. The maximum Gasteiger partial charge on any atom is 0.312 e. The number of amides is 3. The molecule has 4 rings (SSSR count). The van der Waals surface area contributed by atoms with Gasteiger partial charge in [-0.2, -0.15) is 0 Å². The molecule has 1 spiro atoms. The number of hydrogen-bond donors (Lipinski definition) is 2. The number of allylic oxidation sites excluding steroid dienone is 1. The first kappa shape index (κ1) is 32.7. The topological polar surface area (TPSA) is 125 Å². The van der Waals surface area contributed by atoms with E-state index < -0.39 is 59.5 Å². The van der Waals surface area contributed by atoms with Crippen molar-refractivity contribution in [3.8, 4) is 0 Å². The van der Waals surface area contributed by atoms with E-state index >= 15 is 0 Å². The number of esters is 1. The van der Waals surface area contributed by atoms with Crippen molar-refractivity contribution in [2.75, 3.05) is 24.6 Å². The molecular formula is C32H42ClN3O7. The van der Waals surface area contributed by atoms with Gasteiger partial charge in [-0.15, -0.1) is 13.2 Å². The Hall–Kier alpha value is -3.21. The zero-order chi connectivity index (χ0) is 31.5. The minimum absolute atomic E-state index is 0.116. The number of halogens is 1. The van der Waals surface area contributed by atoms with Gasteiger partial charge in [-0.05, 0) is 44.2 Å². The van der Waals surface area contributed by atoms with Gasteiger partial charge in [0.15, 0.2) is 0 Å². The molecule has 0 aliphatic carbocycles. The summed E-state index contributed by atoms with van der Waals surface area (Å²) in [6, 6.07) is 5.12. The predicted molar refractivity (Wildman–Crippen MR) is 162 cm³/mol. The maximum atomic E-state index is 14.6. The maximum absolute atomic E-state index is 14.6. The lowest BCUT2D eigenvalue weighted by Gasteiger charge is -2.40. The van der Waals surface area contributed by atoms with E-state index in [0.29, 0.717) is 30.0 Å². The molecule has 11 heteroatoms. The second kappa shape index (κ2) is 13.6. The number of carbonyl (C=O) groups excluding carboxylic acids is 4. The number of anilines is 1. The van der Waals surface area contributed by atoms with E-state index in [1.165, 1.54) is 9.80 Å². The number of para-hydroxylation sites is 1. The van der Waals surface area contributed by atoms with Crippen LogP contribution in [0.25, 0.3) is 0 Å². The van der Waals surface area contributed by atoms with Gasteiger partial charge in [0.05, 0.1) is 47.8 Å². The molecule has 0 unspecified atom stereocenters. The minimum Gasteiger partial charge on any atom is -0.460 e. The van der Waals surface area contributed by atoms with Crippen LogP contribution in [-0.2, 0) is 28.7 Å². The molecule has 3 aliphatic rings. The second-order valence-corrected chi connectivity index (χ2v) is 12.3. The molecule has 234 valence electrons. The molecule has 3 saturated heterocycles. The van der Waals surface area contributed by atoms with E-state index in [1.807, 2.05) is 13.8 Å². The van der Waals surface area contributed by atoms with Gasteiger partial charge in [0.2, 0.25) is 11.8 Å². The van der Waals surface area contributed by atoms with Gasteiger partial charge >= 0.3 is 5.97 Å². The zero-order valence-corrected chi connectivity index (χ0v) is 25.8. The fourth-order valence-electron chi connectivity index (χ4n) is 6.77. The first-order valence-corrected chi connectivity index (χ1v) is 15.3. The van der Waals surface area contributed by atoms with Crippen LogP contribution in [0.1, 0.15) is 46.5 Å². The number of fused-ring (bicyclic) bond motifs is 1. The molecule has 0 aromatic heterocycles. The van der Waals surface area contributed by atoms with E-state index in [1.54, 1.807) is 43.3 Å². The number of nitrogens with one attached hydrogen (secondary N) is 1. The molecule has 2 bridgehead atoms. The van der Waals surface area contributed by atoms with E-state index in [2.05, 4.69) is 18.5 Å². The second-order valence-electron chi connectivity index (χ2n) is 11.9. The molecule has 0 saturated carbocycles. The van der Waals surface area contributed by atoms with Crippen molar-refractivity contribution in [3.05, 3.63) is 54.6 Å². The molecule has 43 heavy (non-hydrogen) atoms. The average Bonchev–Trinajstić information content (AvgIpc) is 3.62. The Kier molecular flexibility index (Phi) is 10.4. The lowest BCUT2D eigenvalue weighted by molar-refractivity contribution is -0.160. The van der Waals surface area contributed by atoms with Crippen LogP contribution in [0, 0.1) is 17.8 Å². The van der Waals surface area contributed by atoms with Crippen LogP contribution in [-0.4, -0.2) is 83.3 Å². The van der Waals surface area contributed by atoms with Gasteiger partial charge in [0.25, 0.3) is 5.91 Å². The number of nitrogens with zero attached hydrogens (tertiary/aromatic N) is 2. The highest BCUT2D eigenvalue weighted by molar-refractivity contribution is 6.34. The lowest BCUT2D eigenvalue weighted by Crippen LogP contribution is -2.59. The summed E-state index contributed by atoms with van der Waals surface area (Å²) in [4.78, 5) is 57.5. The molecule has 0 radical (unpaired) electrons. The first-order chi connectivity index (χ1) is 20.5. The van der Waals surface area contributed by atoms with Crippen LogP contribution in [0.15, 0.2) is 49.6 Å². The highest BCUT2D eigenvalue weighted by Crippen LogP contribution is 2.59. The third-order valence-electron chi connectivity index (χ3n) is 8.76. The summed E-state index contributed by atoms with van der Waals surface area (Å²) in [5.74, 6) is -3.72. The molecule has 7 atom stereocenters. The Labute approximate surface area is 258 Å². The van der Waals surface area contributed by atoms with Gasteiger partial charge < -0.3 is 29.7 Å². The molecule has 3 fully saturated rings. The largest absolute Gasteiger partial charge is 0.460 e. The molecule has 3 amide bonds. The van der Waals surface area contributed by atoms with Crippen LogP contribution < -0.4 is 10.2 Å². The minimum atomic E-state index is -1.28. The highest BCUT2D eigenvalue weighted by atomic mass is 35.5. The highest BCUT2D eigenvalue weighted by Gasteiger charge is 2.76. The Morgan fingerprint density at radius 3 is 2.60 bits per heavy atom. The van der Waals surface area contributed by atoms with Gasteiger partial charge in [0.1, 0.15) is 17.7 Å². The fraction of sp³-hybridized carbons (Fsp3) is 0.562. The summed E-state index contributed by atoms with van der Waals surface area (Å²) in [7, 11) is 0. The van der Waals surface area contributed by atoms with Gasteiger partial charge in [-0.25, -0.2) is 0 Å². The molecule has 10 nitrogen and oxygen atoms in total. The average molecular weight is 616 g/mol. The smallest absolute Gasteiger partial charge is 0.312 e. The Balaban J connectivity index is 1.67. The summed E-state index contributed by atoms with van der Waals surface area (Å²) < 4.78 is 12.2. The van der Waals surface area contributed by atoms with E-state index in [4.69, 9.17) is 21.1 Å². The standard InChI is InChI=1S/C32H42ClN3O7/c1-6-8-13-25(38)34-17-20(5)42-31(41)26-24-14-15-32(43-24)27(26)29(39)36(23(18-37)19(3)4)28(32)30(40)35(16-7-2)22-12-10-9-11-21(22)33/h6-7,9-12,19-20,23-24,26-28,37H,1-2,8,13-18H2,3-5H3,(H,34,38)/t20-,23+,24+,26-,27-,28+,32-/m1/s1. The molecular weight excluding hydrogens is 574 g/mol. The SMILES string of the molecule is C=CCCC(=O)NC[C@@H](C)OC(=O)[C@@H]1[C@@H]2CC[C@]3(O2)[C@H](C(=O)N(CC=C)c2ccccc2Cl)N([C@@H](CO)C(C)C)C(=O)[C@@H]13. The van der Waals surface area contributed by atoms with Gasteiger partial charge in [-0.1, -0.05) is 49.7 Å². The van der Waals surface area contributed by atoms with Gasteiger partial charge in [0, 0.05) is 13.0 Å². The first-order valence-electron chi connectivity index (χ1n) is 14.9. The van der Waals surface area contributed by atoms with Crippen molar-refractivity contribution in [1.82, 2.24) is 10.2 Å². The Morgan fingerprint density at radius 2 is 1.98 bits per heavy atom. The summed E-state index contributed by atoms with van der Waals surface area (Å²) in [5.41, 5.74) is -0.827. The summed E-state index contributed by atoms with van der Waals surface area (Å²) in [6.45, 7) is 12.7. The van der Waals surface area contributed by atoms with Crippen molar-refractivity contribution < 1.29 is 33.8 Å². The van der Waals surface area contributed by atoms with Crippen molar-refractivity contribution in [2.45, 2.75) is 76.3 Å². The number of aliphatic hydroxyl groups is 1. The van der Waals surface area contributed by atoms with Crippen molar-refractivity contribution in [3.63, 3.8) is 0 Å². The third kappa shape index (κ3) is 6.10. The van der Waals surface area contributed by atoms with Crippen LogP contribution in [0.4, 0.5) is 5.69 Å². The van der Waals surface area contributed by atoms with Crippen molar-refractivity contribution in [2.24, 2.45) is 17.8 Å². The monoisotopic (exact) mass is 615 g/mol. The third-order valence-corrected chi connectivity index (χ3v) is 9.08. The fourth-order valence-corrected chi connectivity index (χ4v) is 7.01. The van der Waals surface area contributed by atoms with E-state index in [9.17, 15) is 24.3 Å². The van der Waals surface area contributed by atoms with Crippen LogP contribution in [0.3, 0.4) is 0 Å². The predicted octanol–water partition coefficient (Wildman–Crippen LogP) is 3.26. The van der Waals surface area contributed by atoms with E-state index in [-0.39, 0.29) is 37.9 Å². The van der Waals surface area contributed by atoms with Crippen LogP contribution >= 0.6 is 11.6 Å². The molecule has 3 aliphatic heterocycles. The number of ether oxygens (including phenoxy) is 2. The van der Waals surface area contributed by atoms with Crippen LogP contribution in [0.2, 0.25) is 5.02 Å². The number of carbonyl (C=O) groups is 4. The normalized spacial score (nSPS) is 27.0. The van der Waals surface area contributed by atoms with Crippen molar-refractivity contribution >= 4 is 41.0 Å². The Bertz CT molecular complexity index is 1260. The lowest BCUT2D eigenvalue weighted by atomic mass is 9.70. The quantitative estimate of drug-likeness (QED) is 0.243. The number of hydrogen-bond acceptors (Lipinski definition) is 7. The van der Waals surface area contributed by atoms with Crippen molar-refractivity contribution in [1.29, 1.82) is 0 Å². The van der Waals surface area contributed by atoms with Gasteiger partial charge in [-0.3, -0.25) is 19.2 Å². The number of likely N-dealkylation sites (tertiary alicyclic amines) is 1. The molecule has 1 aromatic carbocycles. The molecule has 2 N–H and O–H groups in total. The summed E-state index contributed by atoms with van der Waals surface area (Å²) in [6.07, 6.45) is 3.65. The number of rotatable bonds is 14. The number of aliphatic hydroxyl groups excluding tert-OH is 1.